The summed E-state index contributed by atoms with van der Waals surface area (Å²) in [6.45, 7) is 2.86. The zero-order valence-electron chi connectivity index (χ0n) is 10.8. The van der Waals surface area contributed by atoms with Crippen LogP contribution in [0.25, 0.3) is 11.0 Å². The third-order valence-electron chi connectivity index (χ3n) is 3.08. The normalized spacial score (nSPS) is 14.8. The van der Waals surface area contributed by atoms with E-state index in [0.717, 1.165) is 29.8 Å². The minimum atomic E-state index is 0.0162. The number of hydrazine groups is 1. The number of fused-ring (bicyclic) bond motifs is 1. The van der Waals surface area contributed by atoms with Gasteiger partial charge in [0.25, 0.3) is 0 Å². The first kappa shape index (κ1) is 13.1. The number of hydrogen-bond acceptors (Lipinski definition) is 4. The van der Waals surface area contributed by atoms with Crippen molar-refractivity contribution in [2.24, 2.45) is 11.8 Å². The van der Waals surface area contributed by atoms with Gasteiger partial charge in [-0.2, -0.15) is 0 Å². The molecule has 1 heterocycles. The zero-order valence-corrected chi connectivity index (χ0v) is 10.8. The molecular formula is C14H20N2O2. The van der Waals surface area contributed by atoms with Gasteiger partial charge in [-0.25, -0.2) is 5.43 Å². The molecule has 0 bridgehead atoms. The average molecular weight is 248 g/mol. The van der Waals surface area contributed by atoms with Crippen LogP contribution in [-0.4, -0.2) is 13.7 Å². The minimum absolute atomic E-state index is 0.0162. The highest BCUT2D eigenvalue weighted by Crippen LogP contribution is 2.27. The molecule has 0 spiro atoms. The monoisotopic (exact) mass is 248 g/mol. The van der Waals surface area contributed by atoms with Crippen molar-refractivity contribution in [2.45, 2.75) is 19.4 Å². The van der Waals surface area contributed by atoms with Gasteiger partial charge >= 0.3 is 0 Å². The maximum Gasteiger partial charge on any atom is 0.134 e. The molecule has 0 fully saturated rings. The van der Waals surface area contributed by atoms with Crippen LogP contribution in [0.15, 0.2) is 34.7 Å². The van der Waals surface area contributed by atoms with E-state index in [4.69, 9.17) is 15.0 Å². The summed E-state index contributed by atoms with van der Waals surface area (Å²) in [5.74, 6) is 6.92. The number of nitrogens with two attached hydrogens (primary N) is 1. The van der Waals surface area contributed by atoms with Crippen molar-refractivity contribution < 1.29 is 9.15 Å². The number of benzene rings is 1. The number of methoxy groups -OCH3 is 1. The fourth-order valence-electron chi connectivity index (χ4n) is 2.20. The van der Waals surface area contributed by atoms with Crippen molar-refractivity contribution in [2.75, 3.05) is 13.7 Å². The van der Waals surface area contributed by atoms with Crippen LogP contribution in [0, 0.1) is 5.92 Å². The number of rotatable bonds is 6. The van der Waals surface area contributed by atoms with Gasteiger partial charge < -0.3 is 9.15 Å². The van der Waals surface area contributed by atoms with Gasteiger partial charge in [-0.15, -0.1) is 0 Å². The minimum Gasteiger partial charge on any atom is -0.459 e. The van der Waals surface area contributed by atoms with E-state index in [-0.39, 0.29) is 6.04 Å². The molecule has 0 aliphatic rings. The van der Waals surface area contributed by atoms with Crippen LogP contribution in [-0.2, 0) is 4.74 Å². The van der Waals surface area contributed by atoms with Crippen LogP contribution < -0.4 is 11.3 Å². The Bertz CT molecular complexity index is 462. The van der Waals surface area contributed by atoms with Crippen LogP contribution in [0.1, 0.15) is 25.1 Å². The molecule has 4 heteroatoms. The predicted octanol–water partition coefficient (Wildman–Crippen LogP) is 2.61. The van der Waals surface area contributed by atoms with Gasteiger partial charge in [-0.1, -0.05) is 25.1 Å². The molecular weight excluding hydrogens is 228 g/mol. The SMILES string of the molecule is COCC(C)CC(NN)c1cc2ccccc2o1. The first-order chi connectivity index (χ1) is 8.74. The smallest absolute Gasteiger partial charge is 0.134 e. The van der Waals surface area contributed by atoms with E-state index >= 15 is 0 Å². The largest absolute Gasteiger partial charge is 0.459 e. The molecule has 0 saturated carbocycles. The maximum atomic E-state index is 5.82. The molecule has 0 radical (unpaired) electrons. The molecule has 0 aliphatic carbocycles. The van der Waals surface area contributed by atoms with Crippen LogP contribution in [0.5, 0.6) is 0 Å². The lowest BCUT2D eigenvalue weighted by Gasteiger charge is -2.17. The summed E-state index contributed by atoms with van der Waals surface area (Å²) >= 11 is 0. The van der Waals surface area contributed by atoms with Crippen molar-refractivity contribution in [3.63, 3.8) is 0 Å². The molecule has 2 aromatic rings. The highest BCUT2D eigenvalue weighted by Gasteiger charge is 2.17. The predicted molar refractivity (Wildman–Crippen MR) is 71.9 cm³/mol. The van der Waals surface area contributed by atoms with E-state index in [9.17, 15) is 0 Å². The molecule has 0 saturated heterocycles. The molecule has 3 N–H and O–H groups in total. The molecule has 18 heavy (non-hydrogen) atoms. The standard InChI is InChI=1S/C14H20N2O2/c1-10(9-17-2)7-12(16-15)14-8-11-5-3-4-6-13(11)18-14/h3-6,8,10,12,16H,7,9,15H2,1-2H3. The molecule has 4 nitrogen and oxygen atoms in total. The molecule has 1 aromatic heterocycles. The Kier molecular flexibility index (Phi) is 4.36. The van der Waals surface area contributed by atoms with E-state index in [0.29, 0.717) is 5.92 Å². The van der Waals surface area contributed by atoms with Crippen molar-refractivity contribution in [3.05, 3.63) is 36.1 Å². The summed E-state index contributed by atoms with van der Waals surface area (Å²) in [6, 6.07) is 10.0. The Labute approximate surface area is 107 Å². The summed E-state index contributed by atoms with van der Waals surface area (Å²) in [5.41, 5.74) is 3.71. The van der Waals surface area contributed by atoms with Crippen molar-refractivity contribution in [1.29, 1.82) is 0 Å². The van der Waals surface area contributed by atoms with Crippen LogP contribution >= 0.6 is 0 Å². The van der Waals surface area contributed by atoms with Crippen molar-refractivity contribution in [1.82, 2.24) is 5.43 Å². The van der Waals surface area contributed by atoms with Gasteiger partial charge in [-0.3, -0.25) is 5.84 Å². The quantitative estimate of drug-likeness (QED) is 0.609. The second-order valence-corrected chi connectivity index (χ2v) is 4.70. The lowest BCUT2D eigenvalue weighted by atomic mass is 10.0. The highest BCUT2D eigenvalue weighted by molar-refractivity contribution is 5.77. The Morgan fingerprint density at radius 2 is 2.17 bits per heavy atom. The molecule has 0 amide bonds. The number of furan rings is 1. The van der Waals surface area contributed by atoms with Gasteiger partial charge in [0.05, 0.1) is 6.04 Å². The van der Waals surface area contributed by atoms with Crippen LogP contribution in [0.4, 0.5) is 0 Å². The van der Waals surface area contributed by atoms with E-state index in [1.54, 1.807) is 7.11 Å². The third-order valence-corrected chi connectivity index (χ3v) is 3.08. The summed E-state index contributed by atoms with van der Waals surface area (Å²) in [6.07, 6.45) is 0.879. The fraction of sp³-hybridized carbons (Fsp3) is 0.429. The Hall–Kier alpha value is -1.36. The van der Waals surface area contributed by atoms with Gasteiger partial charge in [0, 0.05) is 19.1 Å². The molecule has 98 valence electrons. The second-order valence-electron chi connectivity index (χ2n) is 4.70. The topological polar surface area (TPSA) is 60.4 Å². The zero-order chi connectivity index (χ0) is 13.0. The van der Waals surface area contributed by atoms with Crippen LogP contribution in [0.3, 0.4) is 0 Å². The first-order valence-electron chi connectivity index (χ1n) is 6.18. The van der Waals surface area contributed by atoms with Gasteiger partial charge in [-0.05, 0) is 24.5 Å². The lowest BCUT2D eigenvalue weighted by Crippen LogP contribution is -2.29. The Morgan fingerprint density at radius 3 is 2.83 bits per heavy atom. The number of para-hydroxylation sites is 1. The number of ether oxygens (including phenoxy) is 1. The number of nitrogens with one attached hydrogen (secondary N) is 1. The van der Waals surface area contributed by atoms with Gasteiger partial charge in [0.2, 0.25) is 0 Å². The van der Waals surface area contributed by atoms with Crippen molar-refractivity contribution in [3.8, 4) is 0 Å². The van der Waals surface area contributed by atoms with Gasteiger partial charge in [0.1, 0.15) is 11.3 Å². The molecule has 2 atom stereocenters. The van der Waals surface area contributed by atoms with Gasteiger partial charge in [0.15, 0.2) is 0 Å². The average Bonchev–Trinajstić information content (AvgIpc) is 2.79. The summed E-state index contributed by atoms with van der Waals surface area (Å²) in [7, 11) is 1.71. The van der Waals surface area contributed by atoms with E-state index in [1.807, 2.05) is 30.3 Å². The summed E-state index contributed by atoms with van der Waals surface area (Å²) in [5, 5.41) is 1.10. The number of hydrogen-bond donors (Lipinski definition) is 2. The summed E-state index contributed by atoms with van der Waals surface area (Å²) in [4.78, 5) is 0. The highest BCUT2D eigenvalue weighted by atomic mass is 16.5. The second kappa shape index (κ2) is 6.00. The first-order valence-corrected chi connectivity index (χ1v) is 6.18. The molecule has 2 rings (SSSR count). The lowest BCUT2D eigenvalue weighted by molar-refractivity contribution is 0.147. The molecule has 1 aromatic carbocycles. The van der Waals surface area contributed by atoms with E-state index in [2.05, 4.69) is 12.3 Å². The van der Waals surface area contributed by atoms with Crippen LogP contribution in [0.2, 0.25) is 0 Å². The Morgan fingerprint density at radius 1 is 1.39 bits per heavy atom. The molecule has 2 unspecified atom stereocenters. The van der Waals surface area contributed by atoms with E-state index < -0.39 is 0 Å². The third kappa shape index (κ3) is 2.90. The van der Waals surface area contributed by atoms with Crippen molar-refractivity contribution >= 4 is 11.0 Å². The molecule has 0 aliphatic heterocycles. The summed E-state index contributed by atoms with van der Waals surface area (Å²) < 4.78 is 11.0. The van der Waals surface area contributed by atoms with E-state index in [1.165, 1.54) is 0 Å². The Balaban J connectivity index is 2.16. The fourth-order valence-corrected chi connectivity index (χ4v) is 2.20. The maximum absolute atomic E-state index is 5.82.